The maximum Gasteiger partial charge on any atom is 0.293 e. The van der Waals surface area contributed by atoms with E-state index in [1.807, 2.05) is 0 Å². The van der Waals surface area contributed by atoms with Gasteiger partial charge < -0.3 is 10.5 Å². The van der Waals surface area contributed by atoms with E-state index in [1.54, 1.807) is 6.92 Å². The van der Waals surface area contributed by atoms with Crippen molar-refractivity contribution in [3.8, 4) is 0 Å². The molecule has 68 valence electrons. The van der Waals surface area contributed by atoms with Crippen LogP contribution in [0, 0.1) is 5.92 Å². The van der Waals surface area contributed by atoms with Crippen LogP contribution in [0.5, 0.6) is 0 Å². The summed E-state index contributed by atoms with van der Waals surface area (Å²) >= 11 is 0. The number of hydrogen-bond acceptors (Lipinski definition) is 3. The highest BCUT2D eigenvalue weighted by molar-refractivity contribution is 5.36. The molecule has 0 aromatic heterocycles. The Balaban J connectivity index is 0. The zero-order valence-corrected chi connectivity index (χ0v) is 7.67. The van der Waals surface area contributed by atoms with E-state index in [-0.39, 0.29) is 0 Å². The van der Waals surface area contributed by atoms with E-state index in [2.05, 4.69) is 18.6 Å². The van der Waals surface area contributed by atoms with Gasteiger partial charge in [-0.15, -0.1) is 0 Å². The first-order valence-electron chi connectivity index (χ1n) is 3.98. The molecule has 0 aliphatic carbocycles. The third-order valence-electron chi connectivity index (χ3n) is 1.33. The molecule has 0 rings (SSSR count). The van der Waals surface area contributed by atoms with Gasteiger partial charge in [-0.3, -0.25) is 4.79 Å². The lowest BCUT2D eigenvalue weighted by atomic mass is 10.1. The predicted octanol–water partition coefficient (Wildman–Crippen LogP) is 1.17. The van der Waals surface area contributed by atoms with Gasteiger partial charge in [-0.05, 0) is 19.4 Å². The van der Waals surface area contributed by atoms with Crippen molar-refractivity contribution in [2.75, 3.05) is 13.2 Å². The monoisotopic (exact) mass is 161 g/mol. The van der Waals surface area contributed by atoms with Crippen LogP contribution in [0.1, 0.15) is 27.2 Å². The number of carbonyl (C=O) groups is 1. The molecule has 0 heterocycles. The second kappa shape index (κ2) is 12.1. The van der Waals surface area contributed by atoms with E-state index in [1.165, 1.54) is 6.42 Å². The summed E-state index contributed by atoms with van der Waals surface area (Å²) < 4.78 is 4.15. The number of nitrogens with two attached hydrogens (primary N) is 1. The predicted molar refractivity (Wildman–Crippen MR) is 46.2 cm³/mol. The zero-order chi connectivity index (χ0) is 9.11. The first-order chi connectivity index (χ1) is 5.22. The highest BCUT2D eigenvalue weighted by atomic mass is 16.5. The molecule has 0 amide bonds. The maximum atomic E-state index is 9.18. The summed E-state index contributed by atoms with van der Waals surface area (Å²) in [6.07, 6.45) is 1.20. The van der Waals surface area contributed by atoms with Crippen LogP contribution < -0.4 is 5.73 Å². The van der Waals surface area contributed by atoms with Gasteiger partial charge in [-0.25, -0.2) is 0 Å². The van der Waals surface area contributed by atoms with Crippen molar-refractivity contribution < 1.29 is 9.53 Å². The molecule has 0 radical (unpaired) electrons. The van der Waals surface area contributed by atoms with Crippen molar-refractivity contribution in [2.45, 2.75) is 27.2 Å². The van der Waals surface area contributed by atoms with Crippen molar-refractivity contribution >= 4 is 6.47 Å². The summed E-state index contributed by atoms with van der Waals surface area (Å²) in [6.45, 7) is 7.80. The van der Waals surface area contributed by atoms with Gasteiger partial charge in [0, 0.05) is 0 Å². The summed E-state index contributed by atoms with van der Waals surface area (Å²) in [6, 6.07) is 0. The van der Waals surface area contributed by atoms with Crippen LogP contribution in [-0.2, 0) is 9.53 Å². The molecule has 0 bridgehead atoms. The molecule has 0 fully saturated rings. The largest absolute Gasteiger partial charge is 0.468 e. The standard InChI is InChI=1S/C5H13N.C3H6O2/c1-3-5(2)4-6;1-2-5-3-4/h5H,3-4,6H2,1-2H3;3H,2H2,1H3. The van der Waals surface area contributed by atoms with E-state index in [0.717, 1.165) is 6.54 Å². The molecule has 0 aliphatic heterocycles. The third-order valence-corrected chi connectivity index (χ3v) is 1.33. The highest BCUT2D eigenvalue weighted by Gasteiger charge is 1.88. The Morgan fingerprint density at radius 2 is 2.09 bits per heavy atom. The van der Waals surface area contributed by atoms with E-state index in [9.17, 15) is 4.79 Å². The van der Waals surface area contributed by atoms with Crippen molar-refractivity contribution in [1.82, 2.24) is 0 Å². The summed E-state index contributed by atoms with van der Waals surface area (Å²) in [5.74, 6) is 0.713. The SMILES string of the molecule is CCC(C)CN.CCOC=O. The van der Waals surface area contributed by atoms with E-state index < -0.39 is 0 Å². The Bertz CT molecular complexity index is 72.5. The molecule has 11 heavy (non-hydrogen) atoms. The van der Waals surface area contributed by atoms with Crippen LogP contribution in [0.15, 0.2) is 0 Å². The van der Waals surface area contributed by atoms with Crippen molar-refractivity contribution in [1.29, 1.82) is 0 Å². The Morgan fingerprint density at radius 1 is 1.55 bits per heavy atom. The molecular formula is C8H19NO2. The van der Waals surface area contributed by atoms with Crippen LogP contribution >= 0.6 is 0 Å². The Kier molecular flexibility index (Phi) is 14.4. The molecule has 0 saturated carbocycles. The van der Waals surface area contributed by atoms with Gasteiger partial charge in [0.05, 0.1) is 6.61 Å². The summed E-state index contributed by atoms with van der Waals surface area (Å²) in [4.78, 5) is 9.18. The lowest BCUT2D eigenvalue weighted by Crippen LogP contribution is -2.08. The van der Waals surface area contributed by atoms with E-state index >= 15 is 0 Å². The number of rotatable bonds is 4. The van der Waals surface area contributed by atoms with Crippen LogP contribution in [0.2, 0.25) is 0 Å². The van der Waals surface area contributed by atoms with Gasteiger partial charge in [0.1, 0.15) is 0 Å². The number of ether oxygens (including phenoxy) is 1. The van der Waals surface area contributed by atoms with Gasteiger partial charge in [-0.1, -0.05) is 20.3 Å². The number of carbonyl (C=O) groups excluding carboxylic acids is 1. The van der Waals surface area contributed by atoms with Crippen molar-refractivity contribution in [3.63, 3.8) is 0 Å². The molecule has 1 unspecified atom stereocenters. The average Bonchev–Trinajstić information content (AvgIpc) is 2.06. The molecule has 3 nitrogen and oxygen atoms in total. The van der Waals surface area contributed by atoms with Crippen molar-refractivity contribution in [3.05, 3.63) is 0 Å². The minimum atomic E-state index is 0.431. The van der Waals surface area contributed by atoms with Crippen LogP contribution in [0.3, 0.4) is 0 Å². The lowest BCUT2D eigenvalue weighted by Gasteiger charge is -1.98. The summed E-state index contributed by atoms with van der Waals surface area (Å²) in [5, 5.41) is 0. The summed E-state index contributed by atoms with van der Waals surface area (Å²) in [5.41, 5.74) is 5.28. The molecule has 3 heteroatoms. The Hall–Kier alpha value is -0.570. The van der Waals surface area contributed by atoms with Gasteiger partial charge in [-0.2, -0.15) is 0 Å². The molecular weight excluding hydrogens is 142 g/mol. The van der Waals surface area contributed by atoms with Gasteiger partial charge in [0.25, 0.3) is 6.47 Å². The minimum Gasteiger partial charge on any atom is -0.468 e. The molecule has 2 N–H and O–H groups in total. The molecule has 0 spiro atoms. The molecule has 0 aromatic rings. The second-order valence-electron chi connectivity index (χ2n) is 2.30. The van der Waals surface area contributed by atoms with Gasteiger partial charge in [0.15, 0.2) is 0 Å². The smallest absolute Gasteiger partial charge is 0.293 e. The van der Waals surface area contributed by atoms with Crippen LogP contribution in [0.4, 0.5) is 0 Å². The first-order valence-corrected chi connectivity index (χ1v) is 3.98. The molecule has 1 atom stereocenters. The molecule has 0 saturated heterocycles. The number of hydrogen-bond donors (Lipinski definition) is 1. The fraction of sp³-hybridized carbons (Fsp3) is 0.875. The fourth-order valence-electron chi connectivity index (χ4n) is 0.235. The topological polar surface area (TPSA) is 52.3 Å². The van der Waals surface area contributed by atoms with E-state index in [4.69, 9.17) is 5.73 Å². The van der Waals surface area contributed by atoms with Crippen LogP contribution in [-0.4, -0.2) is 19.6 Å². The zero-order valence-electron chi connectivity index (χ0n) is 7.67. The first kappa shape index (κ1) is 13.1. The minimum absolute atomic E-state index is 0.431. The quantitative estimate of drug-likeness (QED) is 0.630. The average molecular weight is 161 g/mol. The molecule has 0 aromatic carbocycles. The second-order valence-corrected chi connectivity index (χ2v) is 2.30. The lowest BCUT2D eigenvalue weighted by molar-refractivity contribution is -0.128. The van der Waals surface area contributed by atoms with Crippen LogP contribution in [0.25, 0.3) is 0 Å². The maximum absolute atomic E-state index is 9.18. The Morgan fingerprint density at radius 3 is 2.09 bits per heavy atom. The molecule has 0 aliphatic rings. The van der Waals surface area contributed by atoms with Crippen molar-refractivity contribution in [2.24, 2.45) is 11.7 Å². The fourth-order valence-corrected chi connectivity index (χ4v) is 0.235. The Labute approximate surface area is 68.9 Å². The summed E-state index contributed by atoms with van der Waals surface area (Å²) in [7, 11) is 0. The highest BCUT2D eigenvalue weighted by Crippen LogP contribution is 1.93. The third kappa shape index (κ3) is 17.7. The van der Waals surface area contributed by atoms with Gasteiger partial charge >= 0.3 is 0 Å². The van der Waals surface area contributed by atoms with Gasteiger partial charge in [0.2, 0.25) is 0 Å². The van der Waals surface area contributed by atoms with E-state index in [0.29, 0.717) is 19.0 Å². The normalized spacial score (nSPS) is 10.9.